The van der Waals surface area contributed by atoms with Crippen molar-refractivity contribution in [2.24, 2.45) is 0 Å². The lowest BCUT2D eigenvalue weighted by molar-refractivity contribution is 0.0926. The van der Waals surface area contributed by atoms with E-state index >= 15 is 0 Å². The Morgan fingerprint density at radius 1 is 0.543 bits per heavy atom. The van der Waals surface area contributed by atoms with E-state index < -0.39 is 11.8 Å². The summed E-state index contributed by atoms with van der Waals surface area (Å²) in [7, 11) is 0. The molecule has 8 aromatic rings. The molecule has 9 rings (SSSR count). The van der Waals surface area contributed by atoms with Crippen LogP contribution < -0.4 is 4.90 Å². The van der Waals surface area contributed by atoms with Crippen LogP contribution in [-0.4, -0.2) is 25.9 Å². The van der Waals surface area contributed by atoms with E-state index in [1.807, 2.05) is 84.9 Å². The molecule has 2 amide bonds. The fourth-order valence-electron chi connectivity index (χ4n) is 7.07. The smallest absolute Gasteiger partial charge is 0.269 e. The predicted molar refractivity (Wildman–Crippen MR) is 183 cm³/mol. The molecule has 0 bridgehead atoms. The quantitative estimate of drug-likeness (QED) is 0.153. The Bertz CT molecular complexity index is 2480. The first kappa shape index (κ1) is 26.0. The summed E-state index contributed by atoms with van der Waals surface area (Å²) in [6, 6.07) is 41.7. The molecular formula is C40H24N4O2. The molecule has 6 nitrogen and oxygen atoms in total. The first-order valence-corrected chi connectivity index (χ1v) is 15.1. The Labute approximate surface area is 263 Å². The van der Waals surface area contributed by atoms with E-state index in [0.29, 0.717) is 27.9 Å². The first-order valence-electron chi connectivity index (χ1n) is 15.1. The van der Waals surface area contributed by atoms with Crippen LogP contribution >= 0.6 is 0 Å². The molecule has 0 fully saturated rings. The van der Waals surface area contributed by atoms with E-state index in [-0.39, 0.29) is 5.82 Å². The van der Waals surface area contributed by atoms with Crippen molar-refractivity contribution in [3.05, 3.63) is 144 Å². The minimum atomic E-state index is -0.411. The van der Waals surface area contributed by atoms with Crippen molar-refractivity contribution in [2.75, 3.05) is 4.90 Å². The Morgan fingerprint density at radius 2 is 1.02 bits per heavy atom. The molecule has 216 valence electrons. The predicted octanol–water partition coefficient (Wildman–Crippen LogP) is 8.45. The maximum Gasteiger partial charge on any atom is 0.269 e. The Balaban J connectivity index is 1.54. The number of pyridine rings is 1. The van der Waals surface area contributed by atoms with Gasteiger partial charge in [-0.3, -0.25) is 9.59 Å². The molecule has 0 saturated heterocycles. The lowest BCUT2D eigenvalue weighted by Crippen LogP contribution is -2.30. The highest BCUT2D eigenvalue weighted by molar-refractivity contribution is 6.45. The topological polar surface area (TPSA) is 60.1 Å². The number of imide groups is 1. The molecule has 0 radical (unpaired) electrons. The molecule has 1 aliphatic heterocycles. The van der Waals surface area contributed by atoms with E-state index in [2.05, 4.69) is 50.2 Å². The van der Waals surface area contributed by atoms with E-state index in [1.54, 1.807) is 25.1 Å². The highest BCUT2D eigenvalue weighted by Crippen LogP contribution is 2.48. The summed E-state index contributed by atoms with van der Waals surface area (Å²) >= 11 is 0. The number of nitrogens with zero attached hydrogens (tertiary/aromatic N) is 4. The lowest BCUT2D eigenvalue weighted by atomic mass is 9.98. The monoisotopic (exact) mass is 592 g/mol. The summed E-state index contributed by atoms with van der Waals surface area (Å²) in [5.41, 5.74) is 6.33. The first-order chi connectivity index (χ1) is 22.7. The zero-order valence-corrected chi connectivity index (χ0v) is 24.7. The fourth-order valence-corrected chi connectivity index (χ4v) is 7.07. The average Bonchev–Trinajstić information content (AvgIpc) is 3.71. The summed E-state index contributed by atoms with van der Waals surface area (Å²) < 4.78 is 4.25. The van der Waals surface area contributed by atoms with Crippen LogP contribution in [0, 0.1) is 11.8 Å². The average molecular weight is 593 g/mol. The minimum absolute atomic E-state index is 0.248. The summed E-state index contributed by atoms with van der Waals surface area (Å²) in [4.78, 5) is 35.6. The lowest BCUT2D eigenvalue weighted by Gasteiger charge is -2.13. The van der Waals surface area contributed by atoms with Gasteiger partial charge in [-0.05, 0) is 61.4 Å². The summed E-state index contributed by atoms with van der Waals surface area (Å²) in [5.74, 6) is 5.25. The van der Waals surface area contributed by atoms with Crippen molar-refractivity contribution >= 4 is 61.2 Å². The Morgan fingerprint density at radius 3 is 1.52 bits per heavy atom. The molecule has 0 aliphatic carbocycles. The molecule has 1 aliphatic rings. The number of carbonyl (C=O) groups is 2. The molecule has 4 heterocycles. The van der Waals surface area contributed by atoms with Crippen molar-refractivity contribution in [2.45, 2.75) is 6.92 Å². The molecule has 0 saturated carbocycles. The van der Waals surface area contributed by atoms with Crippen molar-refractivity contribution in [1.29, 1.82) is 0 Å². The van der Waals surface area contributed by atoms with Gasteiger partial charge in [0.05, 0.1) is 33.2 Å². The zero-order chi connectivity index (χ0) is 30.9. The van der Waals surface area contributed by atoms with Gasteiger partial charge in [-0.25, -0.2) is 9.88 Å². The normalized spacial score (nSPS) is 12.8. The number of benzene rings is 5. The minimum Gasteiger partial charge on any atom is -0.308 e. The van der Waals surface area contributed by atoms with Crippen LogP contribution in [0.2, 0.25) is 0 Å². The van der Waals surface area contributed by atoms with Gasteiger partial charge < -0.3 is 9.13 Å². The van der Waals surface area contributed by atoms with Crippen LogP contribution in [0.15, 0.2) is 127 Å². The number of hydrogen-bond donors (Lipinski definition) is 0. The third-order valence-corrected chi connectivity index (χ3v) is 8.80. The van der Waals surface area contributed by atoms with Crippen LogP contribution in [0.4, 0.5) is 5.82 Å². The second-order valence-electron chi connectivity index (χ2n) is 11.3. The van der Waals surface area contributed by atoms with Gasteiger partial charge in [0, 0.05) is 32.9 Å². The third-order valence-electron chi connectivity index (χ3n) is 8.80. The Kier molecular flexibility index (Phi) is 5.53. The van der Waals surface area contributed by atoms with Crippen LogP contribution in [0.3, 0.4) is 0 Å². The van der Waals surface area contributed by atoms with E-state index in [0.717, 1.165) is 44.0 Å². The standard InChI is InChI=1S/C40H24N4O2/c1-2-14-25-15-13-24-32(41-25)44-39(45)35-36(40(44)46)38-34(29-21-10-12-23-31(29)43(38)27-18-7-4-8-19-27)33-28-20-9-11-22-30(28)42(37(33)35)26-16-5-3-6-17-26/h3-13,15-24H,1H3. The van der Waals surface area contributed by atoms with E-state index in [9.17, 15) is 9.59 Å². The zero-order valence-electron chi connectivity index (χ0n) is 24.7. The Hall–Kier alpha value is -6.45. The van der Waals surface area contributed by atoms with Crippen LogP contribution in [-0.2, 0) is 0 Å². The number of aromatic nitrogens is 3. The molecule has 3 aromatic heterocycles. The van der Waals surface area contributed by atoms with Gasteiger partial charge in [-0.1, -0.05) is 84.8 Å². The molecule has 0 spiro atoms. The SMILES string of the molecule is CC#Cc1cccc(N2C(=O)c3c(c4c(c5ccccc5n4-c4ccccc4)c4c5ccccc5n(-c5ccccc5)c34)C2=O)n1. The third kappa shape index (κ3) is 3.45. The molecule has 6 heteroatoms. The maximum atomic E-state index is 14.9. The number of fused-ring (bicyclic) bond motifs is 10. The van der Waals surface area contributed by atoms with Gasteiger partial charge in [-0.2, -0.15) is 0 Å². The molecule has 0 unspecified atom stereocenters. The second-order valence-corrected chi connectivity index (χ2v) is 11.3. The van der Waals surface area contributed by atoms with Gasteiger partial charge in [0.15, 0.2) is 0 Å². The highest BCUT2D eigenvalue weighted by Gasteiger charge is 2.44. The van der Waals surface area contributed by atoms with E-state index in [1.165, 1.54) is 4.90 Å². The fraction of sp³-hybridized carbons (Fsp3) is 0.0250. The van der Waals surface area contributed by atoms with Gasteiger partial charge in [0.25, 0.3) is 11.8 Å². The molecule has 5 aromatic carbocycles. The number of para-hydroxylation sites is 4. The van der Waals surface area contributed by atoms with Gasteiger partial charge in [0.1, 0.15) is 11.5 Å². The number of rotatable bonds is 3. The number of amides is 2. The second kappa shape index (κ2) is 9.78. The highest BCUT2D eigenvalue weighted by atomic mass is 16.2. The maximum absolute atomic E-state index is 14.9. The molecule has 0 atom stereocenters. The van der Waals surface area contributed by atoms with Crippen molar-refractivity contribution in [1.82, 2.24) is 14.1 Å². The summed E-state index contributed by atoms with van der Waals surface area (Å²) in [5, 5.41) is 3.87. The van der Waals surface area contributed by atoms with Crippen molar-refractivity contribution in [3.8, 4) is 23.2 Å². The van der Waals surface area contributed by atoms with Crippen LogP contribution in [0.5, 0.6) is 0 Å². The number of carbonyl (C=O) groups excluding carboxylic acids is 2. The molecule has 0 N–H and O–H groups in total. The summed E-state index contributed by atoms with van der Waals surface area (Å²) in [6.45, 7) is 1.73. The van der Waals surface area contributed by atoms with Crippen LogP contribution in [0.25, 0.3) is 55.0 Å². The van der Waals surface area contributed by atoms with Crippen molar-refractivity contribution < 1.29 is 9.59 Å². The number of anilines is 1. The van der Waals surface area contributed by atoms with Crippen molar-refractivity contribution in [3.63, 3.8) is 0 Å². The largest absolute Gasteiger partial charge is 0.308 e. The van der Waals surface area contributed by atoms with Crippen LogP contribution in [0.1, 0.15) is 33.3 Å². The van der Waals surface area contributed by atoms with E-state index in [4.69, 9.17) is 0 Å². The summed E-state index contributed by atoms with van der Waals surface area (Å²) in [6.07, 6.45) is 0. The van der Waals surface area contributed by atoms with Gasteiger partial charge in [0.2, 0.25) is 0 Å². The molecule has 46 heavy (non-hydrogen) atoms. The molecular weight excluding hydrogens is 568 g/mol. The van der Waals surface area contributed by atoms with Gasteiger partial charge >= 0.3 is 0 Å². The van der Waals surface area contributed by atoms with Gasteiger partial charge in [-0.15, -0.1) is 0 Å². The number of hydrogen-bond acceptors (Lipinski definition) is 3.